The third kappa shape index (κ3) is 4.68. The topological polar surface area (TPSA) is 29.1 Å². The van der Waals surface area contributed by atoms with Crippen molar-refractivity contribution in [2.45, 2.75) is 34.1 Å². The summed E-state index contributed by atoms with van der Waals surface area (Å²) in [5.74, 6) is -0.00174. The van der Waals surface area contributed by atoms with Gasteiger partial charge < -0.3 is 5.32 Å². The van der Waals surface area contributed by atoms with Crippen molar-refractivity contribution in [2.75, 3.05) is 5.32 Å². The molecule has 1 aromatic rings. The number of benzene rings is 1. The second-order valence-corrected chi connectivity index (χ2v) is 6.63. The van der Waals surface area contributed by atoms with Crippen LogP contribution in [-0.2, 0) is 4.79 Å². The molecule has 94 valence electrons. The van der Waals surface area contributed by atoms with E-state index >= 15 is 0 Å². The maximum Gasteiger partial charge on any atom is 0.224 e. The van der Waals surface area contributed by atoms with E-state index in [0.29, 0.717) is 11.4 Å². The van der Waals surface area contributed by atoms with E-state index in [1.54, 1.807) is 6.07 Å². The highest BCUT2D eigenvalue weighted by atomic mass is 79.9. The molecule has 0 heterocycles. The summed E-state index contributed by atoms with van der Waals surface area (Å²) in [6, 6.07) is 3.66. The summed E-state index contributed by atoms with van der Waals surface area (Å²) < 4.78 is 0.849. The first-order valence-electron chi connectivity index (χ1n) is 5.44. The lowest BCUT2D eigenvalue weighted by Crippen LogP contribution is -2.19. The first kappa shape index (κ1) is 14.5. The van der Waals surface area contributed by atoms with Crippen molar-refractivity contribution in [2.24, 2.45) is 5.41 Å². The molecule has 0 aliphatic rings. The Morgan fingerprint density at radius 3 is 2.53 bits per heavy atom. The van der Waals surface area contributed by atoms with Gasteiger partial charge in [0.2, 0.25) is 5.91 Å². The molecule has 0 saturated carbocycles. The predicted molar refractivity (Wildman–Crippen MR) is 76.6 cm³/mol. The Morgan fingerprint density at radius 1 is 1.41 bits per heavy atom. The molecule has 0 saturated heterocycles. The van der Waals surface area contributed by atoms with Crippen molar-refractivity contribution in [1.82, 2.24) is 0 Å². The van der Waals surface area contributed by atoms with Gasteiger partial charge in [0.15, 0.2) is 0 Å². The lowest BCUT2D eigenvalue weighted by Gasteiger charge is -2.18. The van der Waals surface area contributed by atoms with Crippen LogP contribution in [0.15, 0.2) is 16.6 Å². The molecule has 1 N–H and O–H groups in total. The van der Waals surface area contributed by atoms with Crippen LogP contribution in [-0.4, -0.2) is 5.91 Å². The van der Waals surface area contributed by atoms with Crippen LogP contribution >= 0.6 is 27.5 Å². The van der Waals surface area contributed by atoms with E-state index in [0.717, 1.165) is 15.7 Å². The van der Waals surface area contributed by atoms with E-state index in [2.05, 4.69) is 21.2 Å². The Hall–Kier alpha value is -0.540. The maximum absolute atomic E-state index is 11.8. The van der Waals surface area contributed by atoms with Crippen molar-refractivity contribution < 1.29 is 4.79 Å². The number of halogens is 2. The average molecular weight is 319 g/mol. The monoisotopic (exact) mass is 317 g/mol. The van der Waals surface area contributed by atoms with Crippen molar-refractivity contribution in [3.05, 3.63) is 27.2 Å². The van der Waals surface area contributed by atoms with Gasteiger partial charge in [0.1, 0.15) is 0 Å². The molecule has 0 bridgehead atoms. The van der Waals surface area contributed by atoms with Crippen molar-refractivity contribution in [3.63, 3.8) is 0 Å². The number of hydrogen-bond donors (Lipinski definition) is 1. The molecule has 0 aliphatic carbocycles. The van der Waals surface area contributed by atoms with Gasteiger partial charge >= 0.3 is 0 Å². The van der Waals surface area contributed by atoms with Gasteiger partial charge in [0.25, 0.3) is 0 Å². The molecular weight excluding hydrogens is 302 g/mol. The number of aryl methyl sites for hydroxylation is 1. The zero-order valence-electron chi connectivity index (χ0n) is 10.5. The van der Waals surface area contributed by atoms with E-state index in [1.165, 1.54) is 0 Å². The van der Waals surface area contributed by atoms with Crippen LogP contribution in [0.1, 0.15) is 32.8 Å². The van der Waals surface area contributed by atoms with Crippen LogP contribution < -0.4 is 5.32 Å². The molecule has 0 fully saturated rings. The maximum atomic E-state index is 11.8. The number of hydrogen-bond acceptors (Lipinski definition) is 1. The van der Waals surface area contributed by atoms with Crippen molar-refractivity contribution in [1.29, 1.82) is 0 Å². The highest BCUT2D eigenvalue weighted by molar-refractivity contribution is 9.10. The molecule has 1 rings (SSSR count). The molecule has 0 radical (unpaired) electrons. The molecule has 0 aliphatic heterocycles. The van der Waals surface area contributed by atoms with Gasteiger partial charge in [-0.2, -0.15) is 0 Å². The summed E-state index contributed by atoms with van der Waals surface area (Å²) in [5, 5.41) is 3.52. The van der Waals surface area contributed by atoms with Gasteiger partial charge in [0.05, 0.1) is 5.69 Å². The number of anilines is 1. The Labute approximate surface area is 116 Å². The molecule has 0 spiro atoms. The van der Waals surface area contributed by atoms with Gasteiger partial charge in [-0.15, -0.1) is 0 Å². The van der Waals surface area contributed by atoms with Crippen LogP contribution in [0.5, 0.6) is 0 Å². The third-order valence-corrected chi connectivity index (χ3v) is 3.28. The van der Waals surface area contributed by atoms with Crippen LogP contribution in [0.4, 0.5) is 5.69 Å². The van der Waals surface area contributed by atoms with Crippen LogP contribution in [0, 0.1) is 12.3 Å². The fourth-order valence-electron chi connectivity index (χ4n) is 1.42. The summed E-state index contributed by atoms with van der Waals surface area (Å²) >= 11 is 9.45. The number of carbonyl (C=O) groups excluding carboxylic acids is 1. The Morgan fingerprint density at radius 2 is 2.00 bits per heavy atom. The second kappa shape index (κ2) is 5.40. The Bertz CT molecular complexity index is 438. The minimum Gasteiger partial charge on any atom is -0.325 e. The minimum atomic E-state index is -0.0228. The van der Waals surface area contributed by atoms with Gasteiger partial charge in [-0.3, -0.25) is 4.79 Å². The highest BCUT2D eigenvalue weighted by Crippen LogP contribution is 2.30. The summed E-state index contributed by atoms with van der Waals surface area (Å²) in [7, 11) is 0. The van der Waals surface area contributed by atoms with Crippen molar-refractivity contribution in [3.8, 4) is 0 Å². The molecule has 1 aromatic carbocycles. The Kier molecular flexibility index (Phi) is 4.62. The summed E-state index contributed by atoms with van der Waals surface area (Å²) in [6.07, 6.45) is 0.477. The fourth-order valence-corrected chi connectivity index (χ4v) is 2.14. The molecule has 4 heteroatoms. The zero-order valence-corrected chi connectivity index (χ0v) is 12.9. The number of carbonyl (C=O) groups is 1. The van der Waals surface area contributed by atoms with Crippen LogP contribution in [0.2, 0.25) is 5.02 Å². The first-order chi connectivity index (χ1) is 7.69. The van der Waals surface area contributed by atoms with Crippen molar-refractivity contribution >= 4 is 39.1 Å². The Balaban J connectivity index is 2.82. The van der Waals surface area contributed by atoms with E-state index in [9.17, 15) is 4.79 Å². The van der Waals surface area contributed by atoms with E-state index in [1.807, 2.05) is 33.8 Å². The third-order valence-electron chi connectivity index (χ3n) is 2.21. The van der Waals surface area contributed by atoms with Crippen LogP contribution in [0.25, 0.3) is 0 Å². The number of amides is 1. The summed E-state index contributed by atoms with van der Waals surface area (Å²) in [5.41, 5.74) is 1.67. The predicted octanol–water partition coefficient (Wildman–Crippen LogP) is 4.79. The molecule has 0 unspecified atom stereocenters. The van der Waals surface area contributed by atoms with Gasteiger partial charge in [0, 0.05) is 15.9 Å². The van der Waals surface area contributed by atoms with Gasteiger partial charge in [-0.1, -0.05) is 32.4 Å². The lowest BCUT2D eigenvalue weighted by atomic mass is 9.92. The fraction of sp³-hybridized carbons (Fsp3) is 0.462. The standard InChI is InChI=1S/C13H17BrClNO/c1-8-5-9(14)11(6-10(8)15)16-12(17)7-13(2,3)4/h5-6H,7H2,1-4H3,(H,16,17). The average Bonchev–Trinajstić information content (AvgIpc) is 2.11. The quantitative estimate of drug-likeness (QED) is 0.835. The normalized spacial score (nSPS) is 11.4. The zero-order chi connectivity index (χ0) is 13.2. The lowest BCUT2D eigenvalue weighted by molar-refractivity contribution is -0.117. The van der Waals surface area contributed by atoms with Gasteiger partial charge in [-0.25, -0.2) is 0 Å². The first-order valence-corrected chi connectivity index (χ1v) is 6.61. The number of rotatable bonds is 2. The number of nitrogens with one attached hydrogen (secondary N) is 1. The molecule has 2 nitrogen and oxygen atoms in total. The SMILES string of the molecule is Cc1cc(Br)c(NC(=O)CC(C)(C)C)cc1Cl. The molecule has 0 aromatic heterocycles. The summed E-state index contributed by atoms with van der Waals surface area (Å²) in [6.45, 7) is 8.02. The molecular formula is C13H17BrClNO. The van der Waals surface area contributed by atoms with E-state index in [-0.39, 0.29) is 11.3 Å². The smallest absolute Gasteiger partial charge is 0.224 e. The van der Waals surface area contributed by atoms with Gasteiger partial charge in [-0.05, 0) is 46.0 Å². The summed E-state index contributed by atoms with van der Waals surface area (Å²) in [4.78, 5) is 11.8. The second-order valence-electron chi connectivity index (χ2n) is 5.37. The van der Waals surface area contributed by atoms with E-state index in [4.69, 9.17) is 11.6 Å². The largest absolute Gasteiger partial charge is 0.325 e. The minimum absolute atomic E-state index is 0.00174. The van der Waals surface area contributed by atoms with Crippen LogP contribution in [0.3, 0.4) is 0 Å². The highest BCUT2D eigenvalue weighted by Gasteiger charge is 2.17. The molecule has 17 heavy (non-hydrogen) atoms. The molecule has 0 atom stereocenters. The molecule has 1 amide bonds. The van der Waals surface area contributed by atoms with E-state index < -0.39 is 0 Å².